The van der Waals surface area contributed by atoms with Crippen LogP contribution in [-0.2, 0) is 14.8 Å². The average Bonchev–Trinajstić information content (AvgIpc) is 2.55. The molecule has 128 valence electrons. The second-order valence-electron chi connectivity index (χ2n) is 5.52. The minimum absolute atomic E-state index is 0.0228. The number of aliphatic hydroxyl groups is 1. The fourth-order valence-electron chi connectivity index (χ4n) is 2.57. The highest BCUT2D eigenvalue weighted by molar-refractivity contribution is 9.10. The van der Waals surface area contributed by atoms with Crippen molar-refractivity contribution in [3.8, 4) is 0 Å². The van der Waals surface area contributed by atoms with Crippen LogP contribution in [0.2, 0.25) is 0 Å². The zero-order valence-electron chi connectivity index (χ0n) is 12.7. The van der Waals surface area contributed by atoms with Crippen molar-refractivity contribution in [3.05, 3.63) is 28.7 Å². The minimum Gasteiger partial charge on any atom is -0.396 e. The smallest absolute Gasteiger partial charge is 0.243 e. The first-order chi connectivity index (χ1) is 10.9. The summed E-state index contributed by atoms with van der Waals surface area (Å²) in [6, 6.07) is 6.50. The maximum Gasteiger partial charge on any atom is 0.243 e. The molecule has 0 spiro atoms. The predicted molar refractivity (Wildman–Crippen MR) is 90.3 cm³/mol. The first-order valence-corrected chi connectivity index (χ1v) is 9.82. The molecule has 0 aliphatic carbocycles. The molecule has 2 N–H and O–H groups in total. The molecule has 6 nitrogen and oxygen atoms in total. The Hall–Kier alpha value is -0.960. The van der Waals surface area contributed by atoms with Gasteiger partial charge in [-0.2, -0.15) is 4.31 Å². The molecule has 1 aromatic carbocycles. The van der Waals surface area contributed by atoms with Crippen molar-refractivity contribution in [2.24, 2.45) is 5.92 Å². The fraction of sp³-hybridized carbons (Fsp3) is 0.533. The van der Waals surface area contributed by atoms with Crippen molar-refractivity contribution in [1.82, 2.24) is 9.62 Å². The topological polar surface area (TPSA) is 86.7 Å². The van der Waals surface area contributed by atoms with Gasteiger partial charge in [0, 0.05) is 30.7 Å². The number of carbonyl (C=O) groups is 1. The van der Waals surface area contributed by atoms with E-state index in [1.54, 1.807) is 24.3 Å². The standard InChI is InChI=1S/C15H21BrN2O4S/c16-13-4-6-14(7-5-13)23(21,22)18-9-1-3-12(11-18)15(20)17-8-2-10-19/h4-7,12,19H,1-3,8-11H2,(H,17,20)/t12-/m0/s1. The van der Waals surface area contributed by atoms with Gasteiger partial charge in [0.25, 0.3) is 0 Å². The molecule has 1 saturated heterocycles. The van der Waals surface area contributed by atoms with Gasteiger partial charge in [0.2, 0.25) is 15.9 Å². The van der Waals surface area contributed by atoms with E-state index in [0.29, 0.717) is 32.4 Å². The van der Waals surface area contributed by atoms with E-state index in [1.165, 1.54) is 4.31 Å². The van der Waals surface area contributed by atoms with E-state index in [9.17, 15) is 13.2 Å². The molecule has 23 heavy (non-hydrogen) atoms. The van der Waals surface area contributed by atoms with Gasteiger partial charge in [0.15, 0.2) is 0 Å². The molecule has 2 rings (SSSR count). The number of benzene rings is 1. The highest BCUT2D eigenvalue weighted by Crippen LogP contribution is 2.24. The van der Waals surface area contributed by atoms with Gasteiger partial charge in [-0.05, 0) is 43.5 Å². The second-order valence-corrected chi connectivity index (χ2v) is 8.38. The third kappa shape index (κ3) is 4.76. The Morgan fingerprint density at radius 2 is 2.04 bits per heavy atom. The van der Waals surface area contributed by atoms with Crippen LogP contribution in [0.3, 0.4) is 0 Å². The van der Waals surface area contributed by atoms with E-state index in [4.69, 9.17) is 5.11 Å². The van der Waals surface area contributed by atoms with Gasteiger partial charge < -0.3 is 10.4 Å². The Bertz CT molecular complexity index is 633. The molecule has 0 saturated carbocycles. The maximum absolute atomic E-state index is 12.7. The van der Waals surface area contributed by atoms with E-state index < -0.39 is 10.0 Å². The summed E-state index contributed by atoms with van der Waals surface area (Å²) in [5, 5.41) is 11.5. The maximum atomic E-state index is 12.7. The largest absolute Gasteiger partial charge is 0.396 e. The lowest BCUT2D eigenvalue weighted by atomic mass is 9.99. The summed E-state index contributed by atoms with van der Waals surface area (Å²) in [5.41, 5.74) is 0. The Kier molecular flexibility index (Phi) is 6.58. The summed E-state index contributed by atoms with van der Waals surface area (Å²) in [6.07, 6.45) is 1.84. The number of amides is 1. The Labute approximate surface area is 145 Å². The highest BCUT2D eigenvalue weighted by atomic mass is 79.9. The van der Waals surface area contributed by atoms with Crippen LogP contribution in [0.1, 0.15) is 19.3 Å². The average molecular weight is 405 g/mol. The zero-order valence-corrected chi connectivity index (χ0v) is 15.1. The van der Waals surface area contributed by atoms with Crippen molar-refractivity contribution < 1.29 is 18.3 Å². The summed E-state index contributed by atoms with van der Waals surface area (Å²) in [6.45, 7) is 1.06. The molecule has 1 amide bonds. The van der Waals surface area contributed by atoms with Crippen LogP contribution in [0.5, 0.6) is 0 Å². The van der Waals surface area contributed by atoms with Crippen LogP contribution in [-0.4, -0.2) is 50.0 Å². The Morgan fingerprint density at radius 3 is 2.70 bits per heavy atom. The Morgan fingerprint density at radius 1 is 1.35 bits per heavy atom. The van der Waals surface area contributed by atoms with E-state index >= 15 is 0 Å². The number of halogens is 1. The van der Waals surface area contributed by atoms with Gasteiger partial charge in [-0.15, -0.1) is 0 Å². The number of aliphatic hydroxyl groups excluding tert-OH is 1. The first-order valence-electron chi connectivity index (χ1n) is 7.59. The lowest BCUT2D eigenvalue weighted by Crippen LogP contribution is -2.45. The van der Waals surface area contributed by atoms with Crippen LogP contribution in [0.4, 0.5) is 0 Å². The molecule has 1 atom stereocenters. The molecular formula is C15H21BrN2O4S. The van der Waals surface area contributed by atoms with Crippen molar-refractivity contribution >= 4 is 31.9 Å². The molecule has 0 radical (unpaired) electrons. The number of nitrogens with zero attached hydrogens (tertiary/aromatic N) is 1. The molecule has 1 aliphatic heterocycles. The lowest BCUT2D eigenvalue weighted by molar-refractivity contribution is -0.126. The number of rotatable bonds is 6. The predicted octanol–water partition coefficient (Wildman–Crippen LogP) is 1.35. The molecular weight excluding hydrogens is 384 g/mol. The molecule has 0 unspecified atom stereocenters. The summed E-state index contributed by atoms with van der Waals surface area (Å²) >= 11 is 3.29. The number of sulfonamides is 1. The van der Waals surface area contributed by atoms with E-state index in [1.807, 2.05) is 0 Å². The van der Waals surface area contributed by atoms with Gasteiger partial charge in [-0.3, -0.25) is 4.79 Å². The van der Waals surface area contributed by atoms with Gasteiger partial charge in [0.1, 0.15) is 0 Å². The van der Waals surface area contributed by atoms with Crippen molar-refractivity contribution in [2.75, 3.05) is 26.2 Å². The Balaban J connectivity index is 2.05. The summed E-state index contributed by atoms with van der Waals surface area (Å²) in [7, 11) is -3.58. The fourth-order valence-corrected chi connectivity index (χ4v) is 4.35. The van der Waals surface area contributed by atoms with Crippen LogP contribution in [0.15, 0.2) is 33.6 Å². The summed E-state index contributed by atoms with van der Waals surface area (Å²) in [5.74, 6) is -0.484. The molecule has 0 bridgehead atoms. The molecule has 0 aromatic heterocycles. The SMILES string of the molecule is O=C(NCCCO)[C@H]1CCCN(S(=O)(=O)c2ccc(Br)cc2)C1. The van der Waals surface area contributed by atoms with E-state index in [2.05, 4.69) is 21.2 Å². The number of nitrogens with one attached hydrogen (secondary N) is 1. The van der Waals surface area contributed by atoms with Crippen LogP contribution >= 0.6 is 15.9 Å². The number of hydrogen-bond acceptors (Lipinski definition) is 4. The van der Waals surface area contributed by atoms with Crippen LogP contribution in [0, 0.1) is 5.92 Å². The van der Waals surface area contributed by atoms with Crippen molar-refractivity contribution in [2.45, 2.75) is 24.2 Å². The quantitative estimate of drug-likeness (QED) is 0.700. The summed E-state index contributed by atoms with van der Waals surface area (Å²) in [4.78, 5) is 12.3. The second kappa shape index (κ2) is 8.23. The zero-order chi connectivity index (χ0) is 16.9. The first kappa shape index (κ1) is 18.4. The van der Waals surface area contributed by atoms with Crippen LogP contribution < -0.4 is 5.32 Å². The molecule has 1 heterocycles. The van der Waals surface area contributed by atoms with Gasteiger partial charge in [-0.25, -0.2) is 8.42 Å². The monoisotopic (exact) mass is 404 g/mol. The molecule has 8 heteroatoms. The third-order valence-corrected chi connectivity index (χ3v) is 6.25. The normalized spacial score (nSPS) is 19.5. The highest BCUT2D eigenvalue weighted by Gasteiger charge is 2.33. The summed E-state index contributed by atoms with van der Waals surface area (Å²) < 4.78 is 27.5. The number of piperidine rings is 1. The third-order valence-electron chi connectivity index (χ3n) is 3.84. The minimum atomic E-state index is -3.58. The molecule has 1 aliphatic rings. The molecule has 1 aromatic rings. The van der Waals surface area contributed by atoms with E-state index in [-0.39, 0.29) is 29.9 Å². The number of carbonyl (C=O) groups excluding carboxylic acids is 1. The lowest BCUT2D eigenvalue weighted by Gasteiger charge is -2.31. The van der Waals surface area contributed by atoms with Gasteiger partial charge >= 0.3 is 0 Å². The number of hydrogen-bond donors (Lipinski definition) is 2. The van der Waals surface area contributed by atoms with Gasteiger partial charge in [0.05, 0.1) is 10.8 Å². The van der Waals surface area contributed by atoms with Crippen molar-refractivity contribution in [3.63, 3.8) is 0 Å². The molecule has 1 fully saturated rings. The van der Waals surface area contributed by atoms with Crippen LogP contribution in [0.25, 0.3) is 0 Å². The van der Waals surface area contributed by atoms with Gasteiger partial charge in [-0.1, -0.05) is 15.9 Å². The van der Waals surface area contributed by atoms with Crippen molar-refractivity contribution in [1.29, 1.82) is 0 Å². The van der Waals surface area contributed by atoms with E-state index in [0.717, 1.165) is 4.47 Å².